The molecule has 3 aromatic rings. The van der Waals surface area contributed by atoms with Gasteiger partial charge in [-0.1, -0.05) is 49.4 Å². The Balaban J connectivity index is 1.61. The van der Waals surface area contributed by atoms with Crippen LogP contribution in [0.4, 0.5) is 0 Å². The maximum absolute atomic E-state index is 13.6. The molecule has 0 unspecified atom stereocenters. The van der Waals surface area contributed by atoms with Gasteiger partial charge in [-0.3, -0.25) is 4.79 Å². The van der Waals surface area contributed by atoms with Crippen LogP contribution >= 0.6 is 0 Å². The van der Waals surface area contributed by atoms with Crippen LogP contribution in [0.2, 0.25) is 0 Å². The number of aryl methyl sites for hydroxylation is 1. The normalized spacial score (nSPS) is 15.1. The van der Waals surface area contributed by atoms with E-state index in [0.29, 0.717) is 37.2 Å². The molecule has 0 aliphatic carbocycles. The van der Waals surface area contributed by atoms with E-state index >= 15 is 0 Å². The van der Waals surface area contributed by atoms with Gasteiger partial charge in [0.05, 0.1) is 17.0 Å². The quantitative estimate of drug-likeness (QED) is 0.513. The Labute approximate surface area is 202 Å². The highest BCUT2D eigenvalue weighted by molar-refractivity contribution is 7.89. The number of hydrogen-bond donors (Lipinski definition) is 0. The second-order valence-electron chi connectivity index (χ2n) is 8.66. The zero-order valence-corrected chi connectivity index (χ0v) is 20.8. The van der Waals surface area contributed by atoms with Gasteiger partial charge in [0.15, 0.2) is 0 Å². The van der Waals surface area contributed by atoms with E-state index in [-0.39, 0.29) is 17.7 Å². The molecule has 1 aromatic heterocycles. The molecular formula is C26H32N4O3S. The molecule has 1 aliphatic heterocycles. The average Bonchev–Trinajstić information content (AvgIpc) is 3.34. The summed E-state index contributed by atoms with van der Waals surface area (Å²) in [7, 11) is -1.61. The summed E-state index contributed by atoms with van der Waals surface area (Å²) in [6.45, 7) is 4.79. The Morgan fingerprint density at radius 1 is 1.03 bits per heavy atom. The Hall–Kier alpha value is -2.97. The van der Waals surface area contributed by atoms with E-state index in [1.54, 1.807) is 24.9 Å². The molecule has 0 radical (unpaired) electrons. The first-order valence-electron chi connectivity index (χ1n) is 11.8. The third kappa shape index (κ3) is 4.93. The van der Waals surface area contributed by atoms with Gasteiger partial charge in [-0.05, 0) is 43.9 Å². The van der Waals surface area contributed by atoms with E-state index in [2.05, 4.69) is 19.1 Å². The molecule has 0 spiro atoms. The Morgan fingerprint density at radius 2 is 1.68 bits per heavy atom. The second kappa shape index (κ2) is 10.1. The van der Waals surface area contributed by atoms with Crippen molar-refractivity contribution in [1.29, 1.82) is 0 Å². The number of likely N-dealkylation sites (tertiary alicyclic amines) is 1. The number of carbonyl (C=O) groups excluding carboxylic acids is 1. The van der Waals surface area contributed by atoms with Crippen molar-refractivity contribution in [2.45, 2.75) is 39.2 Å². The topological polar surface area (TPSA) is 75.5 Å². The zero-order valence-electron chi connectivity index (χ0n) is 20.0. The van der Waals surface area contributed by atoms with Gasteiger partial charge in [0.25, 0.3) is 5.91 Å². The summed E-state index contributed by atoms with van der Waals surface area (Å²) in [6, 6.07) is 17.8. The lowest BCUT2D eigenvalue weighted by Crippen LogP contribution is -2.47. The smallest absolute Gasteiger partial charge is 0.257 e. The Morgan fingerprint density at radius 3 is 2.26 bits per heavy atom. The van der Waals surface area contributed by atoms with Crippen LogP contribution < -0.4 is 0 Å². The molecule has 34 heavy (non-hydrogen) atoms. The third-order valence-electron chi connectivity index (χ3n) is 6.67. The predicted octanol–water partition coefficient (Wildman–Crippen LogP) is 3.99. The number of para-hydroxylation sites is 1. The van der Waals surface area contributed by atoms with Gasteiger partial charge < -0.3 is 4.90 Å². The molecule has 8 heteroatoms. The highest BCUT2D eigenvalue weighted by Crippen LogP contribution is 2.27. The van der Waals surface area contributed by atoms with Crippen molar-refractivity contribution >= 4 is 15.9 Å². The minimum absolute atomic E-state index is 0.0730. The van der Waals surface area contributed by atoms with Crippen LogP contribution in [-0.2, 0) is 16.4 Å². The molecule has 1 amide bonds. The summed E-state index contributed by atoms with van der Waals surface area (Å²) in [5, 5.41) is 4.79. The molecule has 2 aromatic carbocycles. The summed E-state index contributed by atoms with van der Waals surface area (Å²) < 4.78 is 27.7. The van der Waals surface area contributed by atoms with Gasteiger partial charge in [0, 0.05) is 37.9 Å². The summed E-state index contributed by atoms with van der Waals surface area (Å²) in [6.07, 6.45) is 3.99. The van der Waals surface area contributed by atoms with E-state index in [9.17, 15) is 13.2 Å². The van der Waals surface area contributed by atoms with Crippen LogP contribution in [0.3, 0.4) is 0 Å². The monoisotopic (exact) mass is 480 g/mol. The fourth-order valence-electron chi connectivity index (χ4n) is 4.39. The van der Waals surface area contributed by atoms with E-state index in [4.69, 9.17) is 5.10 Å². The lowest BCUT2D eigenvalue weighted by molar-refractivity contribution is 0.0687. The lowest BCUT2D eigenvalue weighted by Gasteiger charge is -2.36. The van der Waals surface area contributed by atoms with Crippen LogP contribution in [0, 0.1) is 0 Å². The predicted molar refractivity (Wildman–Crippen MR) is 135 cm³/mol. The number of amides is 1. The summed E-state index contributed by atoms with van der Waals surface area (Å²) in [4.78, 5) is 15.5. The van der Waals surface area contributed by atoms with E-state index in [0.717, 1.165) is 17.7 Å². The molecule has 0 atom stereocenters. The molecule has 180 valence electrons. The fourth-order valence-corrected chi connectivity index (χ4v) is 5.46. The maximum atomic E-state index is 13.6. The molecule has 0 bridgehead atoms. The fraction of sp³-hybridized carbons (Fsp3) is 0.385. The summed E-state index contributed by atoms with van der Waals surface area (Å²) in [5.74, 6) is 0.0119. The van der Waals surface area contributed by atoms with Crippen LogP contribution in [0.25, 0.3) is 16.9 Å². The van der Waals surface area contributed by atoms with Crippen LogP contribution in [0.1, 0.15) is 42.6 Å². The molecule has 4 rings (SSSR count). The third-order valence-corrected chi connectivity index (χ3v) is 8.58. The minimum atomic E-state index is -3.25. The number of hydrogen-bond acceptors (Lipinski definition) is 4. The Bertz CT molecular complexity index is 1230. The van der Waals surface area contributed by atoms with Gasteiger partial charge in [-0.25, -0.2) is 17.4 Å². The molecular weight excluding hydrogens is 448 g/mol. The number of carbonyl (C=O) groups is 1. The van der Waals surface area contributed by atoms with Crippen molar-refractivity contribution in [1.82, 2.24) is 19.0 Å². The standard InChI is InChI=1S/C26H32N4O3S/c1-4-20-11-13-21(14-12-20)25-24(19-30(27-25)23-9-7-6-8-10-23)26(31)29-17-15-22(16-18-29)28(3)34(32,33)5-2/h6-14,19,22H,4-5,15-18H2,1-3H3. The van der Waals surface area contributed by atoms with Gasteiger partial charge in [0.1, 0.15) is 5.69 Å². The summed E-state index contributed by atoms with van der Waals surface area (Å²) >= 11 is 0. The van der Waals surface area contributed by atoms with Crippen molar-refractivity contribution in [3.05, 3.63) is 71.9 Å². The van der Waals surface area contributed by atoms with Gasteiger partial charge in [0.2, 0.25) is 10.0 Å². The van der Waals surface area contributed by atoms with Crippen LogP contribution in [0.15, 0.2) is 60.8 Å². The molecule has 0 N–H and O–H groups in total. The van der Waals surface area contributed by atoms with Crippen molar-refractivity contribution in [2.24, 2.45) is 0 Å². The van der Waals surface area contributed by atoms with Crippen LogP contribution in [0.5, 0.6) is 0 Å². The molecule has 7 nitrogen and oxygen atoms in total. The van der Waals surface area contributed by atoms with Crippen molar-refractivity contribution in [3.63, 3.8) is 0 Å². The SMILES string of the molecule is CCc1ccc(-c2nn(-c3ccccc3)cc2C(=O)N2CCC(N(C)S(=O)(=O)CC)CC2)cc1. The lowest BCUT2D eigenvalue weighted by atomic mass is 10.0. The number of aromatic nitrogens is 2. The zero-order chi connectivity index (χ0) is 24.3. The highest BCUT2D eigenvalue weighted by atomic mass is 32.2. The van der Waals surface area contributed by atoms with E-state index in [1.807, 2.05) is 47.4 Å². The van der Waals surface area contributed by atoms with E-state index < -0.39 is 10.0 Å². The van der Waals surface area contributed by atoms with Gasteiger partial charge >= 0.3 is 0 Å². The van der Waals surface area contributed by atoms with Gasteiger partial charge in [-0.15, -0.1) is 0 Å². The molecule has 2 heterocycles. The maximum Gasteiger partial charge on any atom is 0.257 e. The number of benzene rings is 2. The Kier molecular flexibility index (Phi) is 7.19. The summed E-state index contributed by atoms with van der Waals surface area (Å²) in [5.41, 5.74) is 4.23. The molecule has 1 fully saturated rings. The largest absolute Gasteiger partial charge is 0.338 e. The average molecular weight is 481 g/mol. The molecule has 1 saturated heterocycles. The second-order valence-corrected chi connectivity index (χ2v) is 11.0. The van der Waals surface area contributed by atoms with Gasteiger partial charge in [-0.2, -0.15) is 5.10 Å². The number of sulfonamides is 1. The minimum Gasteiger partial charge on any atom is -0.338 e. The first-order chi connectivity index (χ1) is 16.3. The number of piperidine rings is 1. The van der Waals surface area contributed by atoms with E-state index in [1.165, 1.54) is 9.87 Å². The molecule has 1 aliphatic rings. The number of rotatable bonds is 7. The van der Waals surface area contributed by atoms with Crippen molar-refractivity contribution in [2.75, 3.05) is 25.9 Å². The molecule has 0 saturated carbocycles. The first-order valence-corrected chi connectivity index (χ1v) is 13.4. The first kappa shape index (κ1) is 24.2. The van der Waals surface area contributed by atoms with Crippen molar-refractivity contribution in [3.8, 4) is 16.9 Å². The highest BCUT2D eigenvalue weighted by Gasteiger charge is 2.32. The number of nitrogens with zero attached hydrogens (tertiary/aromatic N) is 4. The van der Waals surface area contributed by atoms with Crippen LogP contribution in [-0.4, -0.2) is 65.2 Å². The van der Waals surface area contributed by atoms with Crippen molar-refractivity contribution < 1.29 is 13.2 Å².